The SMILES string of the molecule is CC[C@H](C)NC(=O)[C@@H](C)N(Cc1ccc(OC)cc1)C(=O)CCCN(C)S(=O)(=O)c1ccccc1. The van der Waals surface area contributed by atoms with Crippen molar-refractivity contribution in [2.45, 2.75) is 63.6 Å². The standard InChI is InChI=1S/C26H37N3O5S/c1-6-20(2)27-26(31)21(3)29(19-22-14-16-23(34-5)17-15-22)25(30)13-10-18-28(4)35(32,33)24-11-8-7-9-12-24/h7-9,11-12,14-17,20-21H,6,10,13,18-19H2,1-5H3,(H,27,31)/t20-,21+/m0/s1. The van der Waals surface area contributed by atoms with Gasteiger partial charge in [0.25, 0.3) is 0 Å². The summed E-state index contributed by atoms with van der Waals surface area (Å²) in [5, 5.41) is 2.94. The van der Waals surface area contributed by atoms with Crippen LogP contribution in [0.15, 0.2) is 59.5 Å². The van der Waals surface area contributed by atoms with Crippen LogP contribution in [0.25, 0.3) is 0 Å². The summed E-state index contributed by atoms with van der Waals surface area (Å²) >= 11 is 0. The Morgan fingerprint density at radius 3 is 2.23 bits per heavy atom. The average molecular weight is 504 g/mol. The molecule has 2 atom stereocenters. The number of rotatable bonds is 13. The van der Waals surface area contributed by atoms with Gasteiger partial charge in [0, 0.05) is 32.6 Å². The van der Waals surface area contributed by atoms with Gasteiger partial charge in [0.15, 0.2) is 0 Å². The maximum Gasteiger partial charge on any atom is 0.242 e. The van der Waals surface area contributed by atoms with Crippen molar-refractivity contribution in [2.75, 3.05) is 20.7 Å². The van der Waals surface area contributed by atoms with Crippen LogP contribution < -0.4 is 10.1 Å². The fraction of sp³-hybridized carbons (Fsp3) is 0.462. The molecule has 0 aliphatic carbocycles. The van der Waals surface area contributed by atoms with Crippen molar-refractivity contribution in [3.8, 4) is 5.75 Å². The maximum atomic E-state index is 13.2. The predicted octanol–water partition coefficient (Wildman–Crippen LogP) is 3.43. The van der Waals surface area contributed by atoms with Crippen molar-refractivity contribution in [3.05, 3.63) is 60.2 Å². The Morgan fingerprint density at radius 2 is 1.66 bits per heavy atom. The average Bonchev–Trinajstić information content (AvgIpc) is 2.87. The van der Waals surface area contributed by atoms with Crippen LogP contribution in [-0.4, -0.2) is 62.2 Å². The van der Waals surface area contributed by atoms with E-state index in [1.165, 1.54) is 11.4 Å². The molecule has 0 heterocycles. The minimum atomic E-state index is -3.63. The quantitative estimate of drug-likeness (QED) is 0.452. The van der Waals surface area contributed by atoms with E-state index in [1.54, 1.807) is 49.3 Å². The normalized spacial score (nSPS) is 13.2. The van der Waals surface area contributed by atoms with E-state index in [4.69, 9.17) is 4.74 Å². The fourth-order valence-electron chi connectivity index (χ4n) is 3.46. The zero-order chi connectivity index (χ0) is 26.0. The Morgan fingerprint density at radius 1 is 1.03 bits per heavy atom. The number of hydrogen-bond acceptors (Lipinski definition) is 5. The van der Waals surface area contributed by atoms with Gasteiger partial charge in [0.1, 0.15) is 11.8 Å². The lowest BCUT2D eigenvalue weighted by Crippen LogP contribution is -2.49. The van der Waals surface area contributed by atoms with Crippen LogP contribution in [0, 0.1) is 0 Å². The Labute approximate surface area is 209 Å². The zero-order valence-corrected chi connectivity index (χ0v) is 22.0. The lowest BCUT2D eigenvalue weighted by molar-refractivity contribution is -0.141. The molecule has 2 rings (SSSR count). The van der Waals surface area contributed by atoms with Gasteiger partial charge in [-0.05, 0) is 56.5 Å². The Balaban J connectivity index is 2.09. The monoisotopic (exact) mass is 503 g/mol. The molecule has 2 aromatic rings. The molecule has 192 valence electrons. The summed E-state index contributed by atoms with van der Waals surface area (Å²) in [5.41, 5.74) is 0.867. The van der Waals surface area contributed by atoms with Crippen LogP contribution >= 0.6 is 0 Å². The van der Waals surface area contributed by atoms with Gasteiger partial charge in [0.2, 0.25) is 21.8 Å². The molecule has 0 saturated carbocycles. The molecule has 1 N–H and O–H groups in total. The van der Waals surface area contributed by atoms with E-state index >= 15 is 0 Å². The minimum absolute atomic E-state index is 0.000249. The fourth-order valence-corrected chi connectivity index (χ4v) is 4.70. The second kappa shape index (κ2) is 13.3. The van der Waals surface area contributed by atoms with Gasteiger partial charge in [-0.15, -0.1) is 0 Å². The number of nitrogens with zero attached hydrogens (tertiary/aromatic N) is 2. The number of amides is 2. The molecule has 0 unspecified atom stereocenters. The number of ether oxygens (including phenoxy) is 1. The van der Waals surface area contributed by atoms with Gasteiger partial charge < -0.3 is 15.0 Å². The van der Waals surface area contributed by atoms with Crippen molar-refractivity contribution < 1.29 is 22.7 Å². The summed E-state index contributed by atoms with van der Waals surface area (Å²) in [4.78, 5) is 27.8. The highest BCUT2D eigenvalue weighted by Gasteiger charge is 2.27. The van der Waals surface area contributed by atoms with Crippen molar-refractivity contribution in [1.82, 2.24) is 14.5 Å². The first-order valence-electron chi connectivity index (χ1n) is 11.8. The summed E-state index contributed by atoms with van der Waals surface area (Å²) in [6.07, 6.45) is 1.24. The van der Waals surface area contributed by atoms with Gasteiger partial charge in [-0.2, -0.15) is 0 Å². The lowest BCUT2D eigenvalue weighted by atomic mass is 10.1. The first-order valence-corrected chi connectivity index (χ1v) is 13.3. The molecule has 35 heavy (non-hydrogen) atoms. The number of hydrogen-bond donors (Lipinski definition) is 1. The largest absolute Gasteiger partial charge is 0.497 e. The summed E-state index contributed by atoms with van der Waals surface area (Å²) in [6, 6.07) is 14.9. The molecule has 2 amide bonds. The zero-order valence-electron chi connectivity index (χ0n) is 21.2. The van der Waals surface area contributed by atoms with Gasteiger partial charge in [-0.1, -0.05) is 37.3 Å². The highest BCUT2D eigenvalue weighted by Crippen LogP contribution is 2.17. The molecule has 0 aromatic heterocycles. The molecule has 2 aromatic carbocycles. The van der Waals surface area contributed by atoms with Gasteiger partial charge >= 0.3 is 0 Å². The van der Waals surface area contributed by atoms with E-state index in [2.05, 4.69) is 5.32 Å². The second-order valence-electron chi connectivity index (χ2n) is 8.61. The van der Waals surface area contributed by atoms with E-state index in [0.717, 1.165) is 12.0 Å². The molecule has 0 aliphatic heterocycles. The summed E-state index contributed by atoms with van der Waals surface area (Å²) < 4.78 is 31.9. The molecule has 8 nitrogen and oxygen atoms in total. The van der Waals surface area contributed by atoms with Crippen LogP contribution in [0.5, 0.6) is 5.75 Å². The molecular formula is C26H37N3O5S. The summed E-state index contributed by atoms with van der Waals surface area (Å²) in [5.74, 6) is 0.278. The van der Waals surface area contributed by atoms with Crippen LogP contribution in [0.4, 0.5) is 0 Å². The predicted molar refractivity (Wildman–Crippen MR) is 136 cm³/mol. The molecule has 0 spiro atoms. The number of nitrogens with one attached hydrogen (secondary N) is 1. The Hall–Kier alpha value is -2.91. The topological polar surface area (TPSA) is 96.0 Å². The smallest absolute Gasteiger partial charge is 0.242 e. The number of methoxy groups -OCH3 is 1. The molecular weight excluding hydrogens is 466 g/mol. The minimum Gasteiger partial charge on any atom is -0.497 e. The highest BCUT2D eigenvalue weighted by molar-refractivity contribution is 7.89. The van der Waals surface area contributed by atoms with Gasteiger partial charge in [-0.3, -0.25) is 9.59 Å². The van der Waals surface area contributed by atoms with Crippen molar-refractivity contribution in [1.29, 1.82) is 0 Å². The molecule has 0 bridgehead atoms. The third-order valence-electron chi connectivity index (χ3n) is 6.00. The summed E-state index contributed by atoms with van der Waals surface area (Å²) in [6.45, 7) is 6.06. The van der Waals surface area contributed by atoms with Crippen LogP contribution in [0.3, 0.4) is 0 Å². The van der Waals surface area contributed by atoms with Crippen molar-refractivity contribution in [3.63, 3.8) is 0 Å². The lowest BCUT2D eigenvalue weighted by Gasteiger charge is -2.30. The molecule has 0 radical (unpaired) electrons. The first kappa shape index (κ1) is 28.3. The van der Waals surface area contributed by atoms with Crippen LogP contribution in [0.1, 0.15) is 45.6 Å². The van der Waals surface area contributed by atoms with E-state index in [1.807, 2.05) is 38.1 Å². The first-order chi connectivity index (χ1) is 16.6. The third kappa shape index (κ3) is 8.07. The molecule has 9 heteroatoms. The van der Waals surface area contributed by atoms with E-state index < -0.39 is 16.1 Å². The summed E-state index contributed by atoms with van der Waals surface area (Å²) in [7, 11) is -0.538. The number of carbonyl (C=O) groups excluding carboxylic acids is 2. The molecule has 0 fully saturated rings. The van der Waals surface area contributed by atoms with Crippen molar-refractivity contribution >= 4 is 21.8 Å². The van der Waals surface area contributed by atoms with E-state index in [0.29, 0.717) is 12.2 Å². The van der Waals surface area contributed by atoms with Crippen LogP contribution in [0.2, 0.25) is 0 Å². The van der Waals surface area contributed by atoms with Gasteiger partial charge in [0.05, 0.1) is 12.0 Å². The Kier molecular flexibility index (Phi) is 10.7. The number of sulfonamides is 1. The Bertz CT molecular complexity index is 1060. The van der Waals surface area contributed by atoms with E-state index in [9.17, 15) is 18.0 Å². The number of carbonyl (C=O) groups is 2. The second-order valence-corrected chi connectivity index (χ2v) is 10.7. The van der Waals surface area contributed by atoms with Crippen molar-refractivity contribution in [2.24, 2.45) is 0 Å². The van der Waals surface area contributed by atoms with Crippen LogP contribution in [-0.2, 0) is 26.2 Å². The molecule has 0 aliphatic rings. The maximum absolute atomic E-state index is 13.2. The highest BCUT2D eigenvalue weighted by atomic mass is 32.2. The third-order valence-corrected chi connectivity index (χ3v) is 7.87. The van der Waals surface area contributed by atoms with Gasteiger partial charge in [-0.25, -0.2) is 12.7 Å². The molecule has 0 saturated heterocycles. The number of benzene rings is 2. The van der Waals surface area contributed by atoms with E-state index in [-0.39, 0.29) is 42.3 Å².